The molecule has 5 rings (SSSR count). The molecule has 34 heavy (non-hydrogen) atoms. The van der Waals surface area contributed by atoms with Crippen LogP contribution in [0, 0.1) is 0 Å². The van der Waals surface area contributed by atoms with Crippen molar-refractivity contribution in [1.29, 1.82) is 0 Å². The van der Waals surface area contributed by atoms with Crippen LogP contribution >= 0.6 is 0 Å². The smallest absolute Gasteiger partial charge is 0.247 e. The molecule has 1 aliphatic carbocycles. The lowest BCUT2D eigenvalue weighted by Gasteiger charge is -2.31. The van der Waals surface area contributed by atoms with Crippen LogP contribution in [-0.2, 0) is 22.7 Å². The highest BCUT2D eigenvalue weighted by Gasteiger charge is 2.34. The molecule has 2 aromatic carbocycles. The van der Waals surface area contributed by atoms with Gasteiger partial charge in [-0.2, -0.15) is 0 Å². The van der Waals surface area contributed by atoms with Crippen LogP contribution in [0.3, 0.4) is 0 Å². The number of carbonyl (C=O) groups excluding carboxylic acids is 2. The Balaban J connectivity index is 1.49. The highest BCUT2D eigenvalue weighted by atomic mass is 16.3. The number of nitrogens with one attached hydrogen (secondary N) is 1. The molecule has 4 aromatic rings. The molecule has 0 saturated heterocycles. The van der Waals surface area contributed by atoms with E-state index in [9.17, 15) is 9.59 Å². The maximum Gasteiger partial charge on any atom is 0.247 e. The summed E-state index contributed by atoms with van der Waals surface area (Å²) in [7, 11) is 0. The first-order chi connectivity index (χ1) is 16.7. The maximum absolute atomic E-state index is 13.8. The van der Waals surface area contributed by atoms with Gasteiger partial charge >= 0.3 is 0 Å². The van der Waals surface area contributed by atoms with Crippen LogP contribution < -0.4 is 5.32 Å². The van der Waals surface area contributed by atoms with E-state index < -0.39 is 6.04 Å². The zero-order valence-corrected chi connectivity index (χ0v) is 18.8. The van der Waals surface area contributed by atoms with Crippen LogP contribution in [0.1, 0.15) is 43.0 Å². The topological polar surface area (TPSA) is 93.3 Å². The number of aromatic nitrogens is 3. The number of hydrogen-bond donors (Lipinski definition) is 1. The Morgan fingerprint density at radius 3 is 2.56 bits per heavy atom. The van der Waals surface area contributed by atoms with Gasteiger partial charge in [0, 0.05) is 6.04 Å². The molecule has 1 atom stereocenters. The quantitative estimate of drug-likeness (QED) is 0.434. The fourth-order valence-electron chi connectivity index (χ4n) is 4.61. The van der Waals surface area contributed by atoms with Crippen LogP contribution in [-0.4, -0.2) is 37.7 Å². The Kier molecular flexibility index (Phi) is 6.38. The van der Waals surface area contributed by atoms with E-state index in [1.54, 1.807) is 21.9 Å². The SMILES string of the molecule is O=C(NC1CCCC1)C(c1ccccc1)N(Cc1ccco1)C(=O)Cn1nnc2ccccc21. The van der Waals surface area contributed by atoms with E-state index in [1.165, 1.54) is 0 Å². The fraction of sp³-hybridized carbons (Fsp3) is 0.308. The van der Waals surface area contributed by atoms with E-state index in [-0.39, 0.29) is 30.9 Å². The van der Waals surface area contributed by atoms with E-state index in [2.05, 4.69) is 15.6 Å². The summed E-state index contributed by atoms with van der Waals surface area (Å²) in [5.41, 5.74) is 2.23. The molecule has 1 fully saturated rings. The van der Waals surface area contributed by atoms with Gasteiger partial charge in [-0.05, 0) is 42.7 Å². The number of fused-ring (bicyclic) bond motifs is 1. The normalized spacial score (nSPS) is 14.8. The van der Waals surface area contributed by atoms with Gasteiger partial charge < -0.3 is 14.6 Å². The van der Waals surface area contributed by atoms with Gasteiger partial charge in [-0.3, -0.25) is 9.59 Å². The van der Waals surface area contributed by atoms with Crippen molar-refractivity contribution in [3.63, 3.8) is 0 Å². The summed E-state index contributed by atoms with van der Waals surface area (Å²) in [6, 6.07) is 19.8. The molecule has 8 heteroatoms. The van der Waals surface area contributed by atoms with Crippen molar-refractivity contribution in [3.05, 3.63) is 84.3 Å². The molecule has 1 N–H and O–H groups in total. The molecule has 174 valence electrons. The fourth-order valence-corrected chi connectivity index (χ4v) is 4.61. The molecule has 1 unspecified atom stereocenters. The van der Waals surface area contributed by atoms with Gasteiger partial charge in [0.2, 0.25) is 11.8 Å². The van der Waals surface area contributed by atoms with Crippen molar-refractivity contribution in [3.8, 4) is 0 Å². The summed E-state index contributed by atoms with van der Waals surface area (Å²) in [5, 5.41) is 11.5. The average Bonchev–Trinajstić information content (AvgIpc) is 3.63. The van der Waals surface area contributed by atoms with Crippen LogP contribution in [0.2, 0.25) is 0 Å². The van der Waals surface area contributed by atoms with E-state index in [0.717, 1.165) is 36.8 Å². The number of amides is 2. The lowest BCUT2D eigenvalue weighted by molar-refractivity contribution is -0.142. The predicted octanol–water partition coefficient (Wildman–Crippen LogP) is 3.85. The standard InChI is InChI=1S/C26H27N5O3/c32-24(18-31-23-15-7-6-14-22(23)28-29-31)30(17-21-13-8-16-34-21)25(19-9-2-1-3-10-19)26(33)27-20-11-4-5-12-20/h1-3,6-10,13-16,20,25H,4-5,11-12,17-18H2,(H,27,33). The summed E-state index contributed by atoms with van der Waals surface area (Å²) in [6.07, 6.45) is 5.71. The van der Waals surface area contributed by atoms with Crippen molar-refractivity contribution in [2.75, 3.05) is 0 Å². The predicted molar refractivity (Wildman–Crippen MR) is 126 cm³/mol. The lowest BCUT2D eigenvalue weighted by atomic mass is 10.0. The molecule has 2 heterocycles. The van der Waals surface area contributed by atoms with Crippen LogP contribution in [0.5, 0.6) is 0 Å². The van der Waals surface area contributed by atoms with Gasteiger partial charge in [-0.1, -0.05) is 60.5 Å². The molecule has 0 radical (unpaired) electrons. The molecule has 0 spiro atoms. The van der Waals surface area contributed by atoms with Gasteiger partial charge in [-0.15, -0.1) is 5.10 Å². The highest BCUT2D eigenvalue weighted by molar-refractivity contribution is 5.89. The first-order valence-electron chi connectivity index (χ1n) is 11.6. The summed E-state index contributed by atoms with van der Waals surface area (Å²) < 4.78 is 7.13. The largest absolute Gasteiger partial charge is 0.467 e. The number of para-hydroxylation sites is 1. The third-order valence-electron chi connectivity index (χ3n) is 6.31. The van der Waals surface area contributed by atoms with Crippen molar-refractivity contribution < 1.29 is 14.0 Å². The molecule has 8 nitrogen and oxygen atoms in total. The first kappa shape index (κ1) is 21.9. The van der Waals surface area contributed by atoms with Gasteiger partial charge in [0.25, 0.3) is 0 Å². The monoisotopic (exact) mass is 457 g/mol. The molecule has 2 aromatic heterocycles. The van der Waals surface area contributed by atoms with Gasteiger partial charge in [-0.25, -0.2) is 4.68 Å². The zero-order valence-electron chi connectivity index (χ0n) is 18.8. The van der Waals surface area contributed by atoms with Crippen LogP contribution in [0.25, 0.3) is 11.0 Å². The van der Waals surface area contributed by atoms with Gasteiger partial charge in [0.1, 0.15) is 23.9 Å². The summed E-state index contributed by atoms with van der Waals surface area (Å²) in [6.45, 7) is 0.122. The minimum Gasteiger partial charge on any atom is -0.467 e. The Labute approximate surface area is 197 Å². The Hall–Kier alpha value is -3.94. The number of nitrogens with zero attached hydrogens (tertiary/aromatic N) is 4. The van der Waals surface area contributed by atoms with Crippen molar-refractivity contribution >= 4 is 22.8 Å². The third-order valence-corrected chi connectivity index (χ3v) is 6.31. The summed E-state index contributed by atoms with van der Waals surface area (Å²) >= 11 is 0. The molecule has 0 aliphatic heterocycles. The maximum atomic E-state index is 13.8. The minimum atomic E-state index is -0.797. The number of hydrogen-bond acceptors (Lipinski definition) is 5. The molecular formula is C26H27N5O3. The average molecular weight is 458 g/mol. The number of rotatable bonds is 8. The second-order valence-corrected chi connectivity index (χ2v) is 8.64. The number of carbonyl (C=O) groups is 2. The van der Waals surface area contributed by atoms with Crippen molar-refractivity contribution in [2.45, 2.75) is 50.9 Å². The Bertz CT molecular complexity index is 1250. The zero-order chi connectivity index (χ0) is 23.3. The molecule has 0 bridgehead atoms. The third kappa shape index (κ3) is 4.71. The summed E-state index contributed by atoms with van der Waals surface area (Å²) in [4.78, 5) is 28.9. The first-order valence-corrected chi connectivity index (χ1v) is 11.6. The second-order valence-electron chi connectivity index (χ2n) is 8.64. The molecule has 1 aliphatic rings. The molecule has 1 saturated carbocycles. The number of benzene rings is 2. The molecule has 2 amide bonds. The summed E-state index contributed by atoms with van der Waals surface area (Å²) in [5.74, 6) is 0.176. The molecular weight excluding hydrogens is 430 g/mol. The lowest BCUT2D eigenvalue weighted by Crippen LogP contribution is -2.46. The van der Waals surface area contributed by atoms with E-state index in [4.69, 9.17) is 4.42 Å². The Morgan fingerprint density at radius 1 is 1.03 bits per heavy atom. The van der Waals surface area contributed by atoms with Gasteiger partial charge in [0.15, 0.2) is 0 Å². The minimum absolute atomic E-state index is 0.0404. The number of furan rings is 1. The van der Waals surface area contributed by atoms with Crippen molar-refractivity contribution in [1.82, 2.24) is 25.2 Å². The van der Waals surface area contributed by atoms with Crippen molar-refractivity contribution in [2.24, 2.45) is 0 Å². The Morgan fingerprint density at radius 2 is 1.79 bits per heavy atom. The van der Waals surface area contributed by atoms with Gasteiger partial charge in [0.05, 0.1) is 18.3 Å². The van der Waals surface area contributed by atoms with E-state index in [1.807, 2.05) is 60.7 Å². The van der Waals surface area contributed by atoms with E-state index >= 15 is 0 Å². The van der Waals surface area contributed by atoms with Crippen LogP contribution in [0.15, 0.2) is 77.4 Å². The van der Waals surface area contributed by atoms with Crippen LogP contribution in [0.4, 0.5) is 0 Å². The second kappa shape index (κ2) is 9.91. The highest BCUT2D eigenvalue weighted by Crippen LogP contribution is 2.26. The van der Waals surface area contributed by atoms with E-state index in [0.29, 0.717) is 11.3 Å².